The number of para-hydroxylation sites is 1. The van der Waals surface area contributed by atoms with Crippen molar-refractivity contribution < 1.29 is 4.79 Å². The van der Waals surface area contributed by atoms with Crippen molar-refractivity contribution in [3.8, 4) is 0 Å². The largest absolute Gasteiger partial charge is 0.357 e. The molecule has 4 rings (SSSR count). The van der Waals surface area contributed by atoms with Gasteiger partial charge in [0, 0.05) is 43.4 Å². The Morgan fingerprint density at radius 3 is 3.00 bits per heavy atom. The predicted molar refractivity (Wildman–Crippen MR) is 86.5 cm³/mol. The highest BCUT2D eigenvalue weighted by Crippen LogP contribution is 2.19. The van der Waals surface area contributed by atoms with Gasteiger partial charge in [0.05, 0.1) is 6.04 Å². The van der Waals surface area contributed by atoms with E-state index in [-0.39, 0.29) is 11.9 Å². The van der Waals surface area contributed by atoms with E-state index in [4.69, 9.17) is 0 Å². The molecule has 5 heteroatoms. The molecule has 1 aromatic heterocycles. The van der Waals surface area contributed by atoms with Gasteiger partial charge in [-0.1, -0.05) is 18.2 Å². The van der Waals surface area contributed by atoms with Gasteiger partial charge in [-0.25, -0.2) is 0 Å². The first-order valence-corrected chi connectivity index (χ1v) is 8.11. The fraction of sp³-hybridized carbons (Fsp3) is 0.471. The average Bonchev–Trinajstić information content (AvgIpc) is 3.24. The summed E-state index contributed by atoms with van der Waals surface area (Å²) < 4.78 is 0. The summed E-state index contributed by atoms with van der Waals surface area (Å²) in [6.07, 6.45) is 2.27. The zero-order valence-electron chi connectivity index (χ0n) is 12.6. The number of hydrogen-bond donors (Lipinski definition) is 3. The molecular weight excluding hydrogens is 276 g/mol. The quantitative estimate of drug-likeness (QED) is 0.795. The van der Waals surface area contributed by atoms with E-state index in [1.54, 1.807) is 0 Å². The summed E-state index contributed by atoms with van der Waals surface area (Å²) in [5, 5.41) is 7.67. The lowest BCUT2D eigenvalue weighted by Gasteiger charge is -2.32. The fourth-order valence-corrected chi connectivity index (χ4v) is 3.12. The van der Waals surface area contributed by atoms with Gasteiger partial charge < -0.3 is 15.6 Å². The molecule has 0 radical (unpaired) electrons. The van der Waals surface area contributed by atoms with Crippen molar-refractivity contribution in [3.63, 3.8) is 0 Å². The Balaban J connectivity index is 1.40. The molecule has 2 heterocycles. The van der Waals surface area contributed by atoms with Crippen LogP contribution in [0, 0.1) is 0 Å². The molecule has 1 unspecified atom stereocenters. The first-order valence-electron chi connectivity index (χ1n) is 8.11. The van der Waals surface area contributed by atoms with Crippen LogP contribution in [-0.4, -0.2) is 47.5 Å². The second-order valence-corrected chi connectivity index (χ2v) is 6.41. The smallest absolute Gasteiger partial charge is 0.238 e. The van der Waals surface area contributed by atoms with Crippen LogP contribution in [0.1, 0.15) is 18.5 Å². The first kappa shape index (κ1) is 13.8. The molecule has 5 nitrogen and oxygen atoms in total. The number of hydrogen-bond acceptors (Lipinski definition) is 3. The molecule has 1 aliphatic carbocycles. The van der Waals surface area contributed by atoms with Crippen molar-refractivity contribution in [2.24, 2.45) is 0 Å². The van der Waals surface area contributed by atoms with E-state index < -0.39 is 0 Å². The first-order chi connectivity index (χ1) is 10.8. The number of fused-ring (bicyclic) bond motifs is 1. The lowest BCUT2D eigenvalue weighted by molar-refractivity contribution is -0.124. The van der Waals surface area contributed by atoms with Crippen molar-refractivity contribution >= 4 is 16.8 Å². The lowest BCUT2D eigenvalue weighted by atomic mass is 10.2. The number of nitrogens with zero attached hydrogens (tertiary/aromatic N) is 1. The number of amides is 1. The molecular formula is C17H22N4O. The summed E-state index contributed by atoms with van der Waals surface area (Å²) in [7, 11) is 0. The molecule has 0 spiro atoms. The molecule has 1 amide bonds. The average molecular weight is 298 g/mol. The Kier molecular flexibility index (Phi) is 3.60. The van der Waals surface area contributed by atoms with Crippen LogP contribution in [-0.2, 0) is 11.3 Å². The van der Waals surface area contributed by atoms with Crippen LogP contribution in [0.2, 0.25) is 0 Å². The number of carbonyl (C=O) groups excluding carboxylic acids is 1. The SMILES string of the molecule is O=C(NC1CC1)C1CN(Cc2cc3ccccc3[nH]2)CCN1. The minimum atomic E-state index is -0.0845. The van der Waals surface area contributed by atoms with Crippen LogP contribution >= 0.6 is 0 Å². The second kappa shape index (κ2) is 5.74. The van der Waals surface area contributed by atoms with Crippen molar-refractivity contribution in [1.29, 1.82) is 0 Å². The predicted octanol–water partition coefficient (Wildman–Crippen LogP) is 1.22. The highest BCUT2D eigenvalue weighted by atomic mass is 16.2. The molecule has 2 aliphatic rings. The Morgan fingerprint density at radius 1 is 1.32 bits per heavy atom. The highest BCUT2D eigenvalue weighted by Gasteiger charge is 2.30. The van der Waals surface area contributed by atoms with Gasteiger partial charge in [0.1, 0.15) is 0 Å². The summed E-state index contributed by atoms with van der Waals surface area (Å²) in [5.74, 6) is 0.156. The summed E-state index contributed by atoms with van der Waals surface area (Å²) in [4.78, 5) is 18.0. The Hall–Kier alpha value is -1.85. The Labute approximate surface area is 130 Å². The van der Waals surface area contributed by atoms with Crippen LogP contribution in [0.4, 0.5) is 0 Å². The molecule has 3 N–H and O–H groups in total. The number of aromatic amines is 1. The van der Waals surface area contributed by atoms with Crippen LogP contribution < -0.4 is 10.6 Å². The Bertz CT molecular complexity index is 643. The standard InChI is InChI=1S/C17H22N4O/c22-17(20-13-5-6-13)16-11-21(8-7-18-16)10-14-9-12-3-1-2-4-15(12)19-14/h1-4,9,13,16,18-19H,5-8,10-11H2,(H,20,22). The number of rotatable bonds is 4. The topological polar surface area (TPSA) is 60.2 Å². The van der Waals surface area contributed by atoms with Gasteiger partial charge in [-0.15, -0.1) is 0 Å². The van der Waals surface area contributed by atoms with Crippen LogP contribution in [0.3, 0.4) is 0 Å². The molecule has 1 aromatic carbocycles. The maximum absolute atomic E-state index is 12.2. The molecule has 1 saturated heterocycles. The molecule has 1 atom stereocenters. The van der Waals surface area contributed by atoms with Gasteiger partial charge >= 0.3 is 0 Å². The number of H-pyrrole nitrogens is 1. The molecule has 116 valence electrons. The zero-order chi connectivity index (χ0) is 14.9. The number of nitrogens with one attached hydrogen (secondary N) is 3. The molecule has 1 aliphatic heterocycles. The maximum Gasteiger partial charge on any atom is 0.238 e. The van der Waals surface area contributed by atoms with E-state index in [1.807, 2.05) is 6.07 Å². The third-order valence-electron chi connectivity index (χ3n) is 4.48. The molecule has 2 aromatic rings. The minimum Gasteiger partial charge on any atom is -0.357 e. The van der Waals surface area contributed by atoms with E-state index in [0.717, 1.165) is 39.0 Å². The summed E-state index contributed by atoms with van der Waals surface area (Å²) in [5.41, 5.74) is 2.39. The van der Waals surface area contributed by atoms with E-state index >= 15 is 0 Å². The lowest BCUT2D eigenvalue weighted by Crippen LogP contribution is -2.57. The summed E-state index contributed by atoms with van der Waals surface area (Å²) in [6, 6.07) is 10.9. The van der Waals surface area contributed by atoms with Crippen LogP contribution in [0.15, 0.2) is 30.3 Å². The summed E-state index contributed by atoms with van der Waals surface area (Å²) >= 11 is 0. The maximum atomic E-state index is 12.2. The second-order valence-electron chi connectivity index (χ2n) is 6.41. The number of benzene rings is 1. The fourth-order valence-electron chi connectivity index (χ4n) is 3.12. The minimum absolute atomic E-state index is 0.0845. The van der Waals surface area contributed by atoms with Gasteiger partial charge in [-0.3, -0.25) is 9.69 Å². The van der Waals surface area contributed by atoms with Gasteiger partial charge in [0.2, 0.25) is 5.91 Å². The summed E-state index contributed by atoms with van der Waals surface area (Å²) in [6.45, 7) is 3.48. The van der Waals surface area contributed by atoms with Crippen molar-refractivity contribution in [1.82, 2.24) is 20.5 Å². The van der Waals surface area contributed by atoms with Gasteiger partial charge in [0.25, 0.3) is 0 Å². The molecule has 0 bridgehead atoms. The van der Waals surface area contributed by atoms with Crippen molar-refractivity contribution in [3.05, 3.63) is 36.0 Å². The molecule has 2 fully saturated rings. The Morgan fingerprint density at radius 2 is 2.18 bits per heavy atom. The third-order valence-corrected chi connectivity index (χ3v) is 4.48. The van der Waals surface area contributed by atoms with Gasteiger partial charge in [-0.2, -0.15) is 0 Å². The van der Waals surface area contributed by atoms with Gasteiger partial charge in [0.15, 0.2) is 0 Å². The monoisotopic (exact) mass is 298 g/mol. The van der Waals surface area contributed by atoms with Crippen molar-refractivity contribution in [2.45, 2.75) is 31.5 Å². The highest BCUT2D eigenvalue weighted by molar-refractivity contribution is 5.82. The molecule has 22 heavy (non-hydrogen) atoms. The van der Waals surface area contributed by atoms with Crippen molar-refractivity contribution in [2.75, 3.05) is 19.6 Å². The molecule has 1 saturated carbocycles. The number of aromatic nitrogens is 1. The zero-order valence-corrected chi connectivity index (χ0v) is 12.6. The number of carbonyl (C=O) groups is 1. The van der Waals surface area contributed by atoms with Gasteiger partial charge in [-0.05, 0) is 30.4 Å². The van der Waals surface area contributed by atoms with Crippen LogP contribution in [0.5, 0.6) is 0 Å². The van der Waals surface area contributed by atoms with E-state index in [0.29, 0.717) is 6.04 Å². The van der Waals surface area contributed by atoms with E-state index in [2.05, 4.69) is 44.8 Å². The van der Waals surface area contributed by atoms with Crippen LogP contribution in [0.25, 0.3) is 10.9 Å². The van der Waals surface area contributed by atoms with E-state index in [9.17, 15) is 4.79 Å². The third kappa shape index (κ3) is 3.00. The normalized spacial score (nSPS) is 22.8. The number of piperazine rings is 1. The van der Waals surface area contributed by atoms with E-state index in [1.165, 1.54) is 16.6 Å².